The summed E-state index contributed by atoms with van der Waals surface area (Å²) in [5.41, 5.74) is 0. The molecule has 0 spiro atoms. The molecule has 1 fully saturated rings. The van der Waals surface area contributed by atoms with Gasteiger partial charge in [-0.05, 0) is 22.0 Å². The van der Waals surface area contributed by atoms with E-state index in [9.17, 15) is 8.42 Å². The van der Waals surface area contributed by atoms with Gasteiger partial charge in [0.15, 0.2) is 0 Å². The molecular weight excluding hydrogens is 310 g/mol. The number of sulfonamides is 1. The van der Waals surface area contributed by atoms with Crippen molar-refractivity contribution in [3.63, 3.8) is 0 Å². The van der Waals surface area contributed by atoms with Crippen molar-refractivity contribution in [2.45, 2.75) is 4.90 Å². The van der Waals surface area contributed by atoms with Gasteiger partial charge in [0, 0.05) is 30.0 Å². The zero-order chi connectivity index (χ0) is 12.3. The van der Waals surface area contributed by atoms with Crippen LogP contribution < -0.4 is 4.83 Å². The van der Waals surface area contributed by atoms with Crippen LogP contribution in [0.1, 0.15) is 0 Å². The Morgan fingerprint density at radius 1 is 1.35 bits per heavy atom. The number of hydrogen-bond acceptors (Lipinski definition) is 5. The van der Waals surface area contributed by atoms with Crippen LogP contribution in [0.2, 0.25) is 0 Å². The molecule has 0 radical (unpaired) electrons. The Morgan fingerprint density at radius 2 is 2.06 bits per heavy atom. The summed E-state index contributed by atoms with van der Waals surface area (Å²) in [5, 5.41) is 1.62. The summed E-state index contributed by atoms with van der Waals surface area (Å²) in [5.74, 6) is 0. The number of pyridine rings is 1. The van der Waals surface area contributed by atoms with Gasteiger partial charge in [-0.3, -0.25) is 4.98 Å². The Labute approximate surface area is 108 Å². The molecule has 1 aromatic rings. The first kappa shape index (κ1) is 12.9. The molecule has 1 N–H and O–H groups in total. The van der Waals surface area contributed by atoms with Crippen molar-refractivity contribution in [2.24, 2.45) is 0 Å². The second kappa shape index (κ2) is 5.40. The summed E-state index contributed by atoms with van der Waals surface area (Å²) in [4.78, 5) is 6.48. The minimum Gasteiger partial charge on any atom is -0.379 e. The smallest absolute Gasteiger partial charge is 0.255 e. The molecule has 0 atom stereocenters. The fourth-order valence-corrected chi connectivity index (χ4v) is 3.04. The van der Waals surface area contributed by atoms with Gasteiger partial charge in [0.2, 0.25) is 0 Å². The fraction of sp³-hybridized carbons (Fsp3) is 0.444. The molecule has 0 aliphatic carbocycles. The highest BCUT2D eigenvalue weighted by molar-refractivity contribution is 9.10. The predicted molar refractivity (Wildman–Crippen MR) is 64.7 cm³/mol. The first-order valence-electron chi connectivity index (χ1n) is 5.04. The summed E-state index contributed by atoms with van der Waals surface area (Å²) in [7, 11) is -3.55. The lowest BCUT2D eigenvalue weighted by molar-refractivity contribution is 0.0272. The van der Waals surface area contributed by atoms with Gasteiger partial charge in [0.1, 0.15) is 4.90 Å². The lowest BCUT2D eigenvalue weighted by atomic mass is 10.5. The van der Waals surface area contributed by atoms with E-state index in [1.165, 1.54) is 18.5 Å². The van der Waals surface area contributed by atoms with Crippen molar-refractivity contribution < 1.29 is 13.2 Å². The number of halogens is 1. The molecule has 0 aromatic carbocycles. The number of aromatic nitrogens is 1. The summed E-state index contributed by atoms with van der Waals surface area (Å²) in [6.45, 7) is 2.14. The van der Waals surface area contributed by atoms with E-state index in [2.05, 4.69) is 25.7 Å². The molecule has 6 nitrogen and oxygen atoms in total. The Bertz CT molecular complexity index is 488. The number of hydrazine groups is 1. The highest BCUT2D eigenvalue weighted by atomic mass is 79.9. The Balaban J connectivity index is 2.13. The second-order valence-electron chi connectivity index (χ2n) is 3.53. The Kier molecular flexibility index (Phi) is 4.10. The van der Waals surface area contributed by atoms with Gasteiger partial charge in [-0.2, -0.15) is 0 Å². The van der Waals surface area contributed by atoms with Crippen LogP contribution in [0.3, 0.4) is 0 Å². The quantitative estimate of drug-likeness (QED) is 0.871. The third-order valence-corrected chi connectivity index (χ3v) is 4.03. The van der Waals surface area contributed by atoms with E-state index in [-0.39, 0.29) is 4.90 Å². The molecule has 8 heteroatoms. The van der Waals surface area contributed by atoms with E-state index in [4.69, 9.17) is 4.74 Å². The van der Waals surface area contributed by atoms with Crippen LogP contribution in [0.4, 0.5) is 0 Å². The van der Waals surface area contributed by atoms with Gasteiger partial charge in [-0.15, -0.1) is 4.83 Å². The lowest BCUT2D eigenvalue weighted by Gasteiger charge is -2.26. The number of nitrogens with zero attached hydrogens (tertiary/aromatic N) is 2. The second-order valence-corrected chi connectivity index (χ2v) is 6.11. The minimum atomic E-state index is -3.55. The molecule has 1 saturated heterocycles. The predicted octanol–water partition coefficient (Wildman–Crippen LogP) is 0.370. The summed E-state index contributed by atoms with van der Waals surface area (Å²) in [6.07, 6.45) is 2.85. The van der Waals surface area contributed by atoms with Crippen molar-refractivity contribution >= 4 is 26.0 Å². The first-order valence-corrected chi connectivity index (χ1v) is 7.31. The van der Waals surface area contributed by atoms with Crippen molar-refractivity contribution in [2.75, 3.05) is 26.3 Å². The van der Waals surface area contributed by atoms with Crippen LogP contribution in [0.5, 0.6) is 0 Å². The molecule has 2 rings (SSSR count). The van der Waals surface area contributed by atoms with E-state index in [1.807, 2.05) is 0 Å². The molecule has 0 unspecified atom stereocenters. The zero-order valence-electron chi connectivity index (χ0n) is 8.97. The summed E-state index contributed by atoms with van der Waals surface area (Å²) in [6, 6.07) is 1.51. The number of morpholine rings is 1. The van der Waals surface area contributed by atoms with E-state index in [1.54, 1.807) is 5.01 Å². The molecule has 0 bridgehead atoms. The van der Waals surface area contributed by atoms with Gasteiger partial charge in [0.25, 0.3) is 10.0 Å². The van der Waals surface area contributed by atoms with Gasteiger partial charge < -0.3 is 4.74 Å². The zero-order valence-corrected chi connectivity index (χ0v) is 11.4. The van der Waals surface area contributed by atoms with Gasteiger partial charge in [-0.25, -0.2) is 13.4 Å². The Hall–Kier alpha value is -0.540. The van der Waals surface area contributed by atoms with Crippen molar-refractivity contribution in [1.29, 1.82) is 0 Å². The van der Waals surface area contributed by atoms with Gasteiger partial charge in [0.05, 0.1) is 13.2 Å². The van der Waals surface area contributed by atoms with Crippen LogP contribution in [-0.2, 0) is 14.8 Å². The first-order chi connectivity index (χ1) is 8.08. The number of rotatable bonds is 3. The van der Waals surface area contributed by atoms with Crippen LogP contribution in [0.25, 0.3) is 0 Å². The molecule has 2 heterocycles. The molecule has 17 heavy (non-hydrogen) atoms. The van der Waals surface area contributed by atoms with Crippen LogP contribution >= 0.6 is 15.9 Å². The third kappa shape index (κ3) is 3.46. The van der Waals surface area contributed by atoms with Gasteiger partial charge >= 0.3 is 0 Å². The van der Waals surface area contributed by atoms with E-state index < -0.39 is 10.0 Å². The molecule has 1 aromatic heterocycles. The van der Waals surface area contributed by atoms with Crippen LogP contribution in [0.15, 0.2) is 27.8 Å². The third-order valence-electron chi connectivity index (χ3n) is 2.25. The molecule has 0 amide bonds. The Morgan fingerprint density at radius 3 is 2.71 bits per heavy atom. The molecule has 94 valence electrons. The minimum absolute atomic E-state index is 0.137. The largest absolute Gasteiger partial charge is 0.379 e. The number of hydrogen-bond donors (Lipinski definition) is 1. The SMILES string of the molecule is O=S(=O)(NN1CCOCC1)c1cncc(Br)c1. The van der Waals surface area contributed by atoms with E-state index in [0.717, 1.165) is 0 Å². The maximum Gasteiger partial charge on any atom is 0.255 e. The maximum atomic E-state index is 12.0. The van der Waals surface area contributed by atoms with Crippen LogP contribution in [0, 0.1) is 0 Å². The average Bonchev–Trinajstić information content (AvgIpc) is 2.30. The molecule has 1 aliphatic rings. The highest BCUT2D eigenvalue weighted by Gasteiger charge is 2.20. The maximum absolute atomic E-state index is 12.0. The van der Waals surface area contributed by atoms with E-state index in [0.29, 0.717) is 30.8 Å². The highest BCUT2D eigenvalue weighted by Crippen LogP contribution is 2.14. The fourth-order valence-electron chi connectivity index (χ4n) is 1.42. The normalized spacial score (nSPS) is 18.2. The van der Waals surface area contributed by atoms with Crippen molar-refractivity contribution in [1.82, 2.24) is 14.8 Å². The molecular formula is C9H12BrN3O3S. The molecule has 1 aliphatic heterocycles. The summed E-state index contributed by atoms with van der Waals surface area (Å²) < 4.78 is 29.8. The number of ether oxygens (including phenoxy) is 1. The average molecular weight is 322 g/mol. The lowest BCUT2D eigenvalue weighted by Crippen LogP contribution is -2.48. The van der Waals surface area contributed by atoms with E-state index >= 15 is 0 Å². The number of nitrogens with one attached hydrogen (secondary N) is 1. The van der Waals surface area contributed by atoms with Crippen LogP contribution in [-0.4, -0.2) is 44.7 Å². The monoisotopic (exact) mass is 321 g/mol. The van der Waals surface area contributed by atoms with Crippen molar-refractivity contribution in [3.05, 3.63) is 22.9 Å². The van der Waals surface area contributed by atoms with Crippen molar-refractivity contribution in [3.8, 4) is 0 Å². The standard InChI is InChI=1S/C9H12BrN3O3S/c10-8-5-9(7-11-6-8)17(14,15)12-13-1-3-16-4-2-13/h5-7,12H,1-4H2. The summed E-state index contributed by atoms with van der Waals surface area (Å²) >= 11 is 3.19. The topological polar surface area (TPSA) is 71.5 Å². The van der Waals surface area contributed by atoms with Gasteiger partial charge in [-0.1, -0.05) is 0 Å². The molecule has 0 saturated carbocycles.